The van der Waals surface area contributed by atoms with Crippen molar-refractivity contribution in [3.8, 4) is 6.07 Å². The second-order valence-corrected chi connectivity index (χ2v) is 3.92. The van der Waals surface area contributed by atoms with E-state index < -0.39 is 12.7 Å². The van der Waals surface area contributed by atoms with Gasteiger partial charge in [-0.25, -0.2) is 0 Å². The molecule has 2 N–H and O–H groups in total. The van der Waals surface area contributed by atoms with Crippen LogP contribution in [0.15, 0.2) is 18.2 Å². The number of alkyl halides is 3. The summed E-state index contributed by atoms with van der Waals surface area (Å²) in [7, 11) is 0. The standard InChI is InChI=1S/C12H14F3N3/c1-2-5-18(8-12(13,14)15)10-3-4-11(17)9(6-10)7-16/h3-4,6H,2,5,8,17H2,1H3. The van der Waals surface area contributed by atoms with Crippen molar-refractivity contribution in [2.75, 3.05) is 23.7 Å². The highest BCUT2D eigenvalue weighted by Crippen LogP contribution is 2.25. The molecular formula is C12H14F3N3. The van der Waals surface area contributed by atoms with Crippen LogP contribution in [0.25, 0.3) is 0 Å². The van der Waals surface area contributed by atoms with E-state index in [0.717, 1.165) is 0 Å². The molecular weight excluding hydrogens is 243 g/mol. The largest absolute Gasteiger partial charge is 0.405 e. The van der Waals surface area contributed by atoms with E-state index in [1.807, 2.05) is 6.07 Å². The van der Waals surface area contributed by atoms with Crippen molar-refractivity contribution in [3.05, 3.63) is 23.8 Å². The molecule has 0 aliphatic rings. The molecule has 0 aliphatic carbocycles. The molecule has 6 heteroatoms. The number of halogens is 3. The summed E-state index contributed by atoms with van der Waals surface area (Å²) in [4.78, 5) is 1.19. The Morgan fingerprint density at radius 3 is 2.56 bits per heavy atom. The lowest BCUT2D eigenvalue weighted by molar-refractivity contribution is -0.119. The molecule has 98 valence electrons. The van der Waals surface area contributed by atoms with Gasteiger partial charge >= 0.3 is 6.18 Å². The van der Waals surface area contributed by atoms with Crippen LogP contribution in [0.5, 0.6) is 0 Å². The molecule has 0 atom stereocenters. The highest BCUT2D eigenvalue weighted by molar-refractivity contribution is 5.62. The highest BCUT2D eigenvalue weighted by Gasteiger charge is 2.30. The number of hydrogen-bond acceptors (Lipinski definition) is 3. The zero-order valence-corrected chi connectivity index (χ0v) is 9.96. The van der Waals surface area contributed by atoms with E-state index in [-0.39, 0.29) is 17.8 Å². The molecule has 0 radical (unpaired) electrons. The third kappa shape index (κ3) is 3.84. The average molecular weight is 257 g/mol. The number of nitrogen functional groups attached to an aromatic ring is 1. The first-order valence-electron chi connectivity index (χ1n) is 5.48. The molecule has 3 nitrogen and oxygen atoms in total. The number of nitriles is 1. The summed E-state index contributed by atoms with van der Waals surface area (Å²) in [5.74, 6) is 0. The van der Waals surface area contributed by atoms with E-state index >= 15 is 0 Å². The van der Waals surface area contributed by atoms with Crippen molar-refractivity contribution >= 4 is 11.4 Å². The monoisotopic (exact) mass is 257 g/mol. The lowest BCUT2D eigenvalue weighted by atomic mass is 10.1. The van der Waals surface area contributed by atoms with Gasteiger partial charge in [0, 0.05) is 17.9 Å². The molecule has 0 spiro atoms. The summed E-state index contributed by atoms with van der Waals surface area (Å²) < 4.78 is 37.3. The lowest BCUT2D eigenvalue weighted by Crippen LogP contribution is -2.34. The van der Waals surface area contributed by atoms with Gasteiger partial charge in [0.15, 0.2) is 0 Å². The average Bonchev–Trinajstić information content (AvgIpc) is 2.27. The molecule has 1 aromatic rings. The van der Waals surface area contributed by atoms with Crippen molar-refractivity contribution in [2.24, 2.45) is 0 Å². The van der Waals surface area contributed by atoms with Crippen LogP contribution >= 0.6 is 0 Å². The normalized spacial score (nSPS) is 11.1. The number of nitrogens with two attached hydrogens (primary N) is 1. The summed E-state index contributed by atoms with van der Waals surface area (Å²) in [5.41, 5.74) is 6.36. The number of benzene rings is 1. The molecule has 0 bridgehead atoms. The predicted molar refractivity (Wildman–Crippen MR) is 64.1 cm³/mol. The summed E-state index contributed by atoms with van der Waals surface area (Å²) in [6.07, 6.45) is -3.69. The van der Waals surface area contributed by atoms with Gasteiger partial charge in [0.2, 0.25) is 0 Å². The van der Waals surface area contributed by atoms with Crippen molar-refractivity contribution in [1.29, 1.82) is 5.26 Å². The molecule has 0 amide bonds. The van der Waals surface area contributed by atoms with E-state index in [0.29, 0.717) is 12.1 Å². The number of hydrogen-bond donors (Lipinski definition) is 1. The Hall–Kier alpha value is -1.90. The van der Waals surface area contributed by atoms with Crippen LogP contribution in [0.3, 0.4) is 0 Å². The Kier molecular flexibility index (Phi) is 4.43. The molecule has 0 saturated heterocycles. The van der Waals surface area contributed by atoms with E-state index in [1.165, 1.54) is 23.1 Å². The van der Waals surface area contributed by atoms with Gasteiger partial charge in [0.25, 0.3) is 0 Å². The maximum atomic E-state index is 12.4. The van der Waals surface area contributed by atoms with Crippen LogP contribution in [0, 0.1) is 11.3 Å². The highest BCUT2D eigenvalue weighted by atomic mass is 19.4. The molecule has 1 rings (SSSR count). The van der Waals surface area contributed by atoms with Gasteiger partial charge in [-0.05, 0) is 24.6 Å². The fourth-order valence-electron chi connectivity index (χ4n) is 1.62. The smallest absolute Gasteiger partial charge is 0.398 e. The zero-order chi connectivity index (χ0) is 13.8. The lowest BCUT2D eigenvalue weighted by Gasteiger charge is -2.25. The Balaban J connectivity index is 3.03. The minimum absolute atomic E-state index is 0.191. The number of rotatable bonds is 4. The molecule has 0 saturated carbocycles. The second-order valence-electron chi connectivity index (χ2n) is 3.92. The van der Waals surface area contributed by atoms with Gasteiger partial charge in [0.05, 0.1) is 5.56 Å². The van der Waals surface area contributed by atoms with E-state index in [2.05, 4.69) is 0 Å². The first-order valence-corrected chi connectivity index (χ1v) is 5.48. The maximum absolute atomic E-state index is 12.4. The van der Waals surface area contributed by atoms with Crippen molar-refractivity contribution in [3.63, 3.8) is 0 Å². The summed E-state index contributed by atoms with van der Waals surface area (Å²) in [5, 5.41) is 8.82. The molecule has 1 aromatic carbocycles. The quantitative estimate of drug-likeness (QED) is 0.844. The fraction of sp³-hybridized carbons (Fsp3) is 0.417. The first-order chi connectivity index (χ1) is 8.37. The summed E-state index contributed by atoms with van der Waals surface area (Å²) in [6.45, 7) is 1.04. The molecule has 0 fully saturated rings. The van der Waals surface area contributed by atoms with Crippen molar-refractivity contribution in [2.45, 2.75) is 19.5 Å². The van der Waals surface area contributed by atoms with Gasteiger partial charge in [-0.2, -0.15) is 18.4 Å². The molecule has 0 aliphatic heterocycles. The van der Waals surface area contributed by atoms with Crippen LogP contribution < -0.4 is 10.6 Å². The first kappa shape index (κ1) is 14.2. The van der Waals surface area contributed by atoms with Crippen LogP contribution in [-0.4, -0.2) is 19.3 Å². The Morgan fingerprint density at radius 2 is 2.06 bits per heavy atom. The van der Waals surface area contributed by atoms with Crippen LogP contribution in [0.1, 0.15) is 18.9 Å². The SMILES string of the molecule is CCCN(CC(F)(F)F)c1ccc(N)c(C#N)c1. The zero-order valence-electron chi connectivity index (χ0n) is 9.96. The van der Waals surface area contributed by atoms with Crippen molar-refractivity contribution in [1.82, 2.24) is 0 Å². The third-order valence-electron chi connectivity index (χ3n) is 2.39. The van der Waals surface area contributed by atoms with Gasteiger partial charge in [-0.15, -0.1) is 0 Å². The Labute approximate surface area is 104 Å². The van der Waals surface area contributed by atoms with Gasteiger partial charge < -0.3 is 10.6 Å². The van der Waals surface area contributed by atoms with Crippen LogP contribution in [0.4, 0.5) is 24.5 Å². The Bertz CT molecular complexity index is 449. The van der Waals surface area contributed by atoms with Gasteiger partial charge in [-0.3, -0.25) is 0 Å². The minimum Gasteiger partial charge on any atom is -0.398 e. The maximum Gasteiger partial charge on any atom is 0.405 e. The molecule has 0 unspecified atom stereocenters. The summed E-state index contributed by atoms with van der Waals surface area (Å²) in [6, 6.07) is 6.20. The van der Waals surface area contributed by atoms with E-state index in [9.17, 15) is 13.2 Å². The predicted octanol–water partition coefficient (Wildman–Crippen LogP) is 2.92. The number of anilines is 2. The fourth-order valence-corrected chi connectivity index (χ4v) is 1.62. The number of nitrogens with zero attached hydrogens (tertiary/aromatic N) is 2. The van der Waals surface area contributed by atoms with Gasteiger partial charge in [-0.1, -0.05) is 6.92 Å². The molecule has 18 heavy (non-hydrogen) atoms. The summed E-state index contributed by atoms with van der Waals surface area (Å²) >= 11 is 0. The van der Waals surface area contributed by atoms with Gasteiger partial charge in [0.1, 0.15) is 12.6 Å². The second kappa shape index (κ2) is 5.63. The van der Waals surface area contributed by atoms with E-state index in [1.54, 1.807) is 6.92 Å². The topological polar surface area (TPSA) is 53.0 Å². The van der Waals surface area contributed by atoms with Crippen LogP contribution in [-0.2, 0) is 0 Å². The minimum atomic E-state index is -4.27. The third-order valence-corrected chi connectivity index (χ3v) is 2.39. The van der Waals surface area contributed by atoms with Crippen LogP contribution in [0.2, 0.25) is 0 Å². The van der Waals surface area contributed by atoms with Crippen molar-refractivity contribution < 1.29 is 13.2 Å². The van der Waals surface area contributed by atoms with E-state index in [4.69, 9.17) is 11.0 Å². The molecule has 0 heterocycles. The Morgan fingerprint density at radius 1 is 1.39 bits per heavy atom. The molecule has 0 aromatic heterocycles.